The number of sulfonamides is 1. The number of benzene rings is 1. The van der Waals surface area contributed by atoms with Crippen molar-refractivity contribution < 1.29 is 8.42 Å². The van der Waals surface area contributed by atoms with Gasteiger partial charge in [-0.15, -0.1) is 35.3 Å². The minimum absolute atomic E-state index is 0. The summed E-state index contributed by atoms with van der Waals surface area (Å²) in [5.41, 5.74) is 1.77. The SMILES string of the molecule is CCNC(=NCc1ccc(CS(=O)(=O)NC)cc1)NCCc1ncc(C)s1.I. The lowest BCUT2D eigenvalue weighted by Gasteiger charge is -2.11. The van der Waals surface area contributed by atoms with Gasteiger partial charge >= 0.3 is 0 Å². The Kier molecular flexibility index (Phi) is 10.9. The Bertz CT molecular complexity index is 851. The van der Waals surface area contributed by atoms with Crippen molar-refractivity contribution in [1.82, 2.24) is 20.3 Å². The van der Waals surface area contributed by atoms with Crippen molar-refractivity contribution in [3.63, 3.8) is 0 Å². The second kappa shape index (κ2) is 12.3. The first-order valence-electron chi connectivity index (χ1n) is 8.84. The number of guanidine groups is 1. The number of hydrogen-bond donors (Lipinski definition) is 3. The average Bonchev–Trinajstić information content (AvgIpc) is 3.06. The maximum Gasteiger partial charge on any atom is 0.215 e. The van der Waals surface area contributed by atoms with E-state index in [9.17, 15) is 8.42 Å². The molecule has 2 aromatic rings. The highest BCUT2D eigenvalue weighted by atomic mass is 127. The molecule has 0 aliphatic heterocycles. The highest BCUT2D eigenvalue weighted by Crippen LogP contribution is 2.11. The third-order valence-electron chi connectivity index (χ3n) is 3.76. The zero-order chi connectivity index (χ0) is 19.7. The summed E-state index contributed by atoms with van der Waals surface area (Å²) in [5.74, 6) is 0.737. The molecule has 0 saturated heterocycles. The maximum absolute atomic E-state index is 11.6. The quantitative estimate of drug-likeness (QED) is 0.260. The zero-order valence-electron chi connectivity index (χ0n) is 16.4. The number of aliphatic imine (C=N–C) groups is 1. The lowest BCUT2D eigenvalue weighted by Crippen LogP contribution is -2.38. The van der Waals surface area contributed by atoms with E-state index in [1.807, 2.05) is 37.4 Å². The first kappa shape index (κ1) is 24.8. The van der Waals surface area contributed by atoms with Crippen LogP contribution in [0.5, 0.6) is 0 Å². The first-order chi connectivity index (χ1) is 12.9. The van der Waals surface area contributed by atoms with Gasteiger partial charge < -0.3 is 10.6 Å². The fraction of sp³-hybridized carbons (Fsp3) is 0.444. The van der Waals surface area contributed by atoms with Gasteiger partial charge in [-0.1, -0.05) is 24.3 Å². The van der Waals surface area contributed by atoms with Crippen LogP contribution < -0.4 is 15.4 Å². The molecule has 156 valence electrons. The van der Waals surface area contributed by atoms with E-state index >= 15 is 0 Å². The molecule has 1 heterocycles. The topological polar surface area (TPSA) is 95.5 Å². The summed E-state index contributed by atoms with van der Waals surface area (Å²) in [7, 11) is -1.83. The van der Waals surface area contributed by atoms with Crippen molar-refractivity contribution in [1.29, 1.82) is 0 Å². The van der Waals surface area contributed by atoms with Crippen molar-refractivity contribution in [2.45, 2.75) is 32.6 Å². The average molecular weight is 537 g/mol. The standard InChI is InChI=1S/C18H27N5O2S2.HI/c1-4-20-18(21-10-9-17-22-11-14(2)26-17)23-12-15-5-7-16(8-6-15)13-27(24,25)19-3;/h5-8,11,19H,4,9-10,12-13H2,1-3H3,(H2,20,21,23);1H. The molecule has 0 spiro atoms. The minimum atomic E-state index is -3.25. The van der Waals surface area contributed by atoms with Gasteiger partial charge in [0.15, 0.2) is 5.96 Å². The summed E-state index contributed by atoms with van der Waals surface area (Å²) in [6, 6.07) is 7.47. The van der Waals surface area contributed by atoms with Crippen LogP contribution in [0.1, 0.15) is 27.9 Å². The Morgan fingerprint density at radius 2 is 1.86 bits per heavy atom. The molecular weight excluding hydrogens is 509 g/mol. The highest BCUT2D eigenvalue weighted by Gasteiger charge is 2.08. The third-order valence-corrected chi connectivity index (χ3v) is 6.06. The van der Waals surface area contributed by atoms with E-state index in [0.29, 0.717) is 6.54 Å². The number of aromatic nitrogens is 1. The molecule has 0 amide bonds. The van der Waals surface area contributed by atoms with Gasteiger partial charge in [-0.25, -0.2) is 23.1 Å². The maximum atomic E-state index is 11.6. The Morgan fingerprint density at radius 3 is 2.43 bits per heavy atom. The van der Waals surface area contributed by atoms with Gasteiger partial charge in [-0.3, -0.25) is 0 Å². The number of hydrogen-bond acceptors (Lipinski definition) is 5. The summed E-state index contributed by atoms with van der Waals surface area (Å²) >= 11 is 1.71. The predicted octanol–water partition coefficient (Wildman–Crippen LogP) is 2.42. The molecule has 0 unspecified atom stereocenters. The summed E-state index contributed by atoms with van der Waals surface area (Å²) in [4.78, 5) is 10.2. The molecule has 3 N–H and O–H groups in total. The van der Waals surface area contributed by atoms with Crippen LogP contribution >= 0.6 is 35.3 Å². The van der Waals surface area contributed by atoms with Crippen LogP contribution in [-0.2, 0) is 28.7 Å². The molecule has 0 atom stereocenters. The molecule has 28 heavy (non-hydrogen) atoms. The molecule has 7 nitrogen and oxygen atoms in total. The van der Waals surface area contributed by atoms with Crippen LogP contribution in [-0.4, -0.2) is 39.5 Å². The van der Waals surface area contributed by atoms with Gasteiger partial charge in [0.25, 0.3) is 0 Å². The van der Waals surface area contributed by atoms with E-state index in [2.05, 4.69) is 32.3 Å². The monoisotopic (exact) mass is 537 g/mol. The van der Waals surface area contributed by atoms with Crippen LogP contribution in [0, 0.1) is 6.92 Å². The molecule has 0 bridgehead atoms. The van der Waals surface area contributed by atoms with Gasteiger partial charge in [0, 0.05) is 30.6 Å². The van der Waals surface area contributed by atoms with Crippen molar-refractivity contribution in [2.24, 2.45) is 4.99 Å². The fourth-order valence-electron chi connectivity index (χ4n) is 2.35. The van der Waals surface area contributed by atoms with Gasteiger partial charge in [0.1, 0.15) is 0 Å². The smallest absolute Gasteiger partial charge is 0.215 e. The second-order valence-electron chi connectivity index (χ2n) is 6.02. The van der Waals surface area contributed by atoms with Gasteiger partial charge in [-0.05, 0) is 32.0 Å². The zero-order valence-corrected chi connectivity index (χ0v) is 20.3. The van der Waals surface area contributed by atoms with E-state index in [1.54, 1.807) is 11.3 Å². The lowest BCUT2D eigenvalue weighted by molar-refractivity contribution is 0.587. The Morgan fingerprint density at radius 1 is 1.18 bits per heavy atom. The number of rotatable bonds is 9. The summed E-state index contributed by atoms with van der Waals surface area (Å²) in [6.07, 6.45) is 2.75. The van der Waals surface area contributed by atoms with Gasteiger partial charge in [0.2, 0.25) is 10.0 Å². The van der Waals surface area contributed by atoms with E-state index in [-0.39, 0.29) is 29.7 Å². The molecule has 1 aromatic carbocycles. The number of nitrogens with zero attached hydrogens (tertiary/aromatic N) is 2. The van der Waals surface area contributed by atoms with Crippen molar-refractivity contribution in [2.75, 3.05) is 20.1 Å². The van der Waals surface area contributed by atoms with Gasteiger partial charge in [0.05, 0.1) is 17.3 Å². The third kappa shape index (κ3) is 8.84. The molecule has 2 rings (SSSR count). The molecule has 0 aliphatic rings. The number of halogens is 1. The van der Waals surface area contributed by atoms with Crippen LogP contribution in [0.3, 0.4) is 0 Å². The van der Waals surface area contributed by atoms with Crippen LogP contribution in [0.2, 0.25) is 0 Å². The highest BCUT2D eigenvalue weighted by molar-refractivity contribution is 14.0. The summed E-state index contributed by atoms with van der Waals surface area (Å²) < 4.78 is 25.5. The minimum Gasteiger partial charge on any atom is -0.357 e. The number of aryl methyl sites for hydroxylation is 1. The van der Waals surface area contributed by atoms with Crippen molar-refractivity contribution in [3.8, 4) is 0 Å². The first-order valence-corrected chi connectivity index (χ1v) is 11.3. The van der Waals surface area contributed by atoms with E-state index < -0.39 is 10.0 Å². The second-order valence-corrected chi connectivity index (χ2v) is 9.26. The summed E-state index contributed by atoms with van der Waals surface area (Å²) in [6.45, 7) is 6.14. The van der Waals surface area contributed by atoms with Crippen molar-refractivity contribution in [3.05, 3.63) is 51.5 Å². The van der Waals surface area contributed by atoms with E-state index in [4.69, 9.17) is 0 Å². The molecular formula is C18H28IN5O2S2. The fourth-order valence-corrected chi connectivity index (χ4v) is 3.91. The van der Waals surface area contributed by atoms with Crippen LogP contribution in [0.15, 0.2) is 35.5 Å². The normalized spacial score (nSPS) is 11.8. The Hall–Kier alpha value is -1.24. The molecule has 0 saturated carbocycles. The molecule has 0 fully saturated rings. The molecule has 0 radical (unpaired) electrons. The Balaban J connectivity index is 0.00000392. The van der Waals surface area contributed by atoms with E-state index in [0.717, 1.165) is 41.6 Å². The Labute approximate surface area is 188 Å². The molecule has 0 aliphatic carbocycles. The predicted molar refractivity (Wildman–Crippen MR) is 127 cm³/mol. The van der Waals surface area contributed by atoms with E-state index in [1.165, 1.54) is 11.9 Å². The molecule has 10 heteroatoms. The lowest BCUT2D eigenvalue weighted by atomic mass is 10.1. The summed E-state index contributed by atoms with van der Waals surface area (Å²) in [5, 5.41) is 7.66. The largest absolute Gasteiger partial charge is 0.357 e. The number of nitrogens with one attached hydrogen (secondary N) is 3. The van der Waals surface area contributed by atoms with Crippen LogP contribution in [0.4, 0.5) is 0 Å². The van der Waals surface area contributed by atoms with Crippen LogP contribution in [0.25, 0.3) is 0 Å². The number of thiazole rings is 1. The van der Waals surface area contributed by atoms with Gasteiger partial charge in [-0.2, -0.15) is 0 Å². The molecule has 1 aromatic heterocycles. The van der Waals surface area contributed by atoms with Crippen molar-refractivity contribution >= 4 is 51.3 Å².